The second kappa shape index (κ2) is 5.70. The average molecular weight is 329 g/mol. The van der Waals surface area contributed by atoms with Crippen molar-refractivity contribution in [2.45, 2.75) is 0 Å². The van der Waals surface area contributed by atoms with E-state index in [0.717, 1.165) is 0 Å². The zero-order chi connectivity index (χ0) is 16.6. The second-order valence-corrected chi connectivity index (χ2v) is 5.44. The van der Waals surface area contributed by atoms with Crippen molar-refractivity contribution in [3.63, 3.8) is 0 Å². The molecule has 0 saturated carbocycles. The first-order valence-corrected chi connectivity index (χ1v) is 7.13. The van der Waals surface area contributed by atoms with E-state index in [-0.39, 0.29) is 17.1 Å². The van der Waals surface area contributed by atoms with Crippen LogP contribution in [0.15, 0.2) is 47.3 Å². The van der Waals surface area contributed by atoms with E-state index in [1.165, 1.54) is 29.0 Å². The summed E-state index contributed by atoms with van der Waals surface area (Å²) in [7, 11) is 0. The number of hydrogen-bond donors (Lipinski definition) is 3. The molecule has 0 spiro atoms. The number of nitrogens with zero attached hydrogens (tertiary/aromatic N) is 1. The maximum Gasteiger partial charge on any atom is 0.279 e. The molecule has 1 heterocycles. The van der Waals surface area contributed by atoms with Crippen LogP contribution in [0.25, 0.3) is 18.3 Å². The first-order chi connectivity index (χ1) is 11.0. The number of aromatic amines is 1. The van der Waals surface area contributed by atoms with Gasteiger partial charge in [-0.15, -0.1) is 0 Å². The summed E-state index contributed by atoms with van der Waals surface area (Å²) < 4.78 is 1.35. The Hall–Kier alpha value is -2.92. The molecule has 1 aromatic heterocycles. The van der Waals surface area contributed by atoms with Crippen LogP contribution >= 0.6 is 11.6 Å². The van der Waals surface area contributed by atoms with Crippen LogP contribution in [-0.4, -0.2) is 20.0 Å². The summed E-state index contributed by atoms with van der Waals surface area (Å²) in [5.41, 5.74) is 0.732. The summed E-state index contributed by atoms with van der Waals surface area (Å²) in [4.78, 5) is 12.6. The van der Waals surface area contributed by atoms with Gasteiger partial charge in [-0.05, 0) is 42.5 Å². The van der Waals surface area contributed by atoms with E-state index in [2.05, 4.69) is 11.7 Å². The number of H-pyrrole nitrogens is 1. The number of phenolic OH excluding ortho intramolecular Hbond substituents is 2. The maximum absolute atomic E-state index is 12.6. The monoisotopic (exact) mass is 328 g/mol. The minimum atomic E-state index is -0.301. The van der Waals surface area contributed by atoms with Crippen LogP contribution in [0.4, 0.5) is 0 Å². The van der Waals surface area contributed by atoms with Crippen molar-refractivity contribution in [2.75, 3.05) is 0 Å². The third-order valence-corrected chi connectivity index (χ3v) is 3.66. The molecule has 0 aliphatic carbocycles. The van der Waals surface area contributed by atoms with Crippen molar-refractivity contribution < 1.29 is 10.2 Å². The molecule has 6 heteroatoms. The molecule has 0 aliphatic rings. The van der Waals surface area contributed by atoms with Gasteiger partial charge in [0, 0.05) is 16.7 Å². The Morgan fingerprint density at radius 1 is 1.13 bits per heavy atom. The lowest BCUT2D eigenvalue weighted by molar-refractivity contribution is 0.450. The van der Waals surface area contributed by atoms with Crippen LogP contribution in [0, 0.1) is 0 Å². The van der Waals surface area contributed by atoms with Crippen LogP contribution in [0.5, 0.6) is 11.5 Å². The van der Waals surface area contributed by atoms with Gasteiger partial charge in [-0.1, -0.05) is 18.2 Å². The van der Waals surface area contributed by atoms with E-state index >= 15 is 0 Å². The fourth-order valence-electron chi connectivity index (χ4n) is 2.23. The van der Waals surface area contributed by atoms with Gasteiger partial charge in [0.1, 0.15) is 11.5 Å². The number of aromatic nitrogens is 2. The lowest BCUT2D eigenvalue weighted by Gasteiger charge is -2.00. The van der Waals surface area contributed by atoms with Gasteiger partial charge in [0.05, 0.1) is 16.3 Å². The number of benzene rings is 2. The van der Waals surface area contributed by atoms with Crippen molar-refractivity contribution in [3.05, 3.63) is 74.0 Å². The highest BCUT2D eigenvalue weighted by molar-refractivity contribution is 6.30. The van der Waals surface area contributed by atoms with Gasteiger partial charge in [-0.25, -0.2) is 4.68 Å². The SMILES string of the molecule is C=c1[nH]n(-c2ccc(Cl)cc2)c(=O)c1=Cc1ccc(O)cc1O. The Balaban J connectivity index is 2.18. The molecule has 3 aromatic rings. The van der Waals surface area contributed by atoms with E-state index in [4.69, 9.17) is 11.6 Å². The van der Waals surface area contributed by atoms with Crippen LogP contribution in [0.1, 0.15) is 5.56 Å². The molecule has 0 saturated heterocycles. The standard InChI is InChI=1S/C17H13ClN2O3/c1-10-15(8-11-2-7-14(21)9-16(11)22)17(23)20(19-10)13-5-3-12(18)4-6-13/h2-9,19,21-22H,1H2. The molecule has 5 nitrogen and oxygen atoms in total. The van der Waals surface area contributed by atoms with E-state index in [0.29, 0.717) is 26.8 Å². The fourth-order valence-corrected chi connectivity index (χ4v) is 2.35. The Morgan fingerprint density at radius 3 is 2.48 bits per heavy atom. The zero-order valence-electron chi connectivity index (χ0n) is 12.0. The van der Waals surface area contributed by atoms with Gasteiger partial charge in [0.2, 0.25) is 0 Å². The van der Waals surface area contributed by atoms with Crippen molar-refractivity contribution in [1.82, 2.24) is 9.78 Å². The third kappa shape index (κ3) is 2.86. The number of halogens is 1. The lowest BCUT2D eigenvalue weighted by Crippen LogP contribution is -2.33. The highest BCUT2D eigenvalue weighted by Crippen LogP contribution is 2.22. The molecule has 0 fully saturated rings. The summed E-state index contributed by atoms with van der Waals surface area (Å²) in [6, 6.07) is 10.9. The van der Waals surface area contributed by atoms with Gasteiger partial charge in [0.25, 0.3) is 5.56 Å². The third-order valence-electron chi connectivity index (χ3n) is 3.40. The summed E-state index contributed by atoms with van der Waals surface area (Å²) in [5.74, 6) is -0.176. The van der Waals surface area contributed by atoms with Crippen LogP contribution in [0.3, 0.4) is 0 Å². The molecule has 0 unspecified atom stereocenters. The summed E-state index contributed by atoms with van der Waals surface area (Å²) in [6.45, 7) is 3.82. The van der Waals surface area contributed by atoms with Gasteiger partial charge < -0.3 is 10.2 Å². The first-order valence-electron chi connectivity index (χ1n) is 6.75. The average Bonchev–Trinajstić information content (AvgIpc) is 2.78. The number of phenols is 2. The van der Waals surface area contributed by atoms with Crippen molar-refractivity contribution >= 4 is 24.3 Å². The Bertz CT molecular complexity index is 1030. The molecule has 0 aliphatic heterocycles. The van der Waals surface area contributed by atoms with Gasteiger partial charge in [-0.2, -0.15) is 0 Å². The van der Waals surface area contributed by atoms with E-state index in [9.17, 15) is 15.0 Å². The largest absolute Gasteiger partial charge is 0.508 e. The molecule has 0 atom stereocenters. The van der Waals surface area contributed by atoms with Gasteiger partial charge in [-0.3, -0.25) is 9.89 Å². The predicted molar refractivity (Wildman–Crippen MR) is 89.5 cm³/mol. The topological polar surface area (TPSA) is 78.2 Å². The molecule has 116 valence electrons. The second-order valence-electron chi connectivity index (χ2n) is 5.01. The van der Waals surface area contributed by atoms with Crippen LogP contribution in [0.2, 0.25) is 5.02 Å². The van der Waals surface area contributed by atoms with Crippen LogP contribution in [-0.2, 0) is 0 Å². The van der Waals surface area contributed by atoms with Crippen molar-refractivity contribution in [2.24, 2.45) is 0 Å². The van der Waals surface area contributed by atoms with Crippen molar-refractivity contribution in [3.8, 4) is 17.2 Å². The highest BCUT2D eigenvalue weighted by Gasteiger charge is 2.06. The van der Waals surface area contributed by atoms with Gasteiger partial charge in [0.15, 0.2) is 0 Å². The smallest absolute Gasteiger partial charge is 0.279 e. The van der Waals surface area contributed by atoms with Crippen molar-refractivity contribution in [1.29, 1.82) is 0 Å². The van der Waals surface area contributed by atoms with E-state index in [1.807, 2.05) is 0 Å². The molecule has 3 rings (SSSR count). The molecule has 0 amide bonds. The Labute approximate surface area is 136 Å². The molecule has 0 bridgehead atoms. The zero-order valence-corrected chi connectivity index (χ0v) is 12.7. The normalized spacial score (nSPS) is 11.8. The number of aromatic hydroxyl groups is 2. The molecular weight excluding hydrogens is 316 g/mol. The summed E-state index contributed by atoms with van der Waals surface area (Å²) in [5, 5.41) is 23.4. The summed E-state index contributed by atoms with van der Waals surface area (Å²) in [6.07, 6.45) is 1.52. The molecular formula is C17H13ClN2O3. The van der Waals surface area contributed by atoms with Crippen LogP contribution < -0.4 is 16.1 Å². The molecule has 0 radical (unpaired) electrons. The highest BCUT2D eigenvalue weighted by atomic mass is 35.5. The molecule has 3 N–H and O–H groups in total. The Kier molecular flexibility index (Phi) is 3.72. The Morgan fingerprint density at radius 2 is 1.83 bits per heavy atom. The van der Waals surface area contributed by atoms with E-state index in [1.54, 1.807) is 24.3 Å². The molecule has 23 heavy (non-hydrogen) atoms. The minimum absolute atomic E-state index is 0.0536. The van der Waals surface area contributed by atoms with E-state index < -0.39 is 0 Å². The first kappa shape index (κ1) is 15.0. The number of nitrogens with one attached hydrogen (secondary N) is 1. The fraction of sp³-hybridized carbons (Fsp3) is 0. The lowest BCUT2D eigenvalue weighted by atomic mass is 10.1. The summed E-state index contributed by atoms with van der Waals surface area (Å²) >= 11 is 5.85. The quantitative estimate of drug-likeness (QED) is 0.666. The number of rotatable bonds is 2. The number of hydrogen-bond acceptors (Lipinski definition) is 3. The molecule has 2 aromatic carbocycles. The minimum Gasteiger partial charge on any atom is -0.508 e. The van der Waals surface area contributed by atoms with Gasteiger partial charge >= 0.3 is 0 Å². The predicted octanol–water partition coefficient (Wildman–Crippen LogP) is 1.47. The maximum atomic E-state index is 12.6.